The van der Waals surface area contributed by atoms with E-state index in [9.17, 15) is 17.6 Å². The zero-order valence-electron chi connectivity index (χ0n) is 16.7. The Hall–Kier alpha value is -2.00. The summed E-state index contributed by atoms with van der Waals surface area (Å²) in [5, 5.41) is 3.54. The van der Waals surface area contributed by atoms with E-state index in [1.165, 1.54) is 16.4 Å². The third kappa shape index (κ3) is 5.57. The molecule has 1 aliphatic rings. The largest absolute Gasteiger partial charge is 0.348 e. The summed E-state index contributed by atoms with van der Waals surface area (Å²) < 4.78 is 40.1. The van der Waals surface area contributed by atoms with Gasteiger partial charge < -0.3 is 5.32 Å². The molecule has 3 rings (SSSR count). The highest BCUT2D eigenvalue weighted by molar-refractivity contribution is 7.89. The van der Waals surface area contributed by atoms with Gasteiger partial charge in [-0.15, -0.1) is 0 Å². The van der Waals surface area contributed by atoms with Crippen molar-refractivity contribution in [3.05, 3.63) is 64.9 Å². The molecule has 6 nitrogen and oxygen atoms in total. The molecule has 1 atom stereocenters. The second kappa shape index (κ2) is 9.87. The molecule has 0 aromatic heterocycles. The summed E-state index contributed by atoms with van der Waals surface area (Å²) in [6, 6.07) is 12.0. The monoisotopic (exact) mass is 453 g/mol. The molecular formula is C21H25ClFN3O3S. The fourth-order valence-corrected chi connectivity index (χ4v) is 5.26. The lowest BCUT2D eigenvalue weighted by atomic mass is 10.1. The summed E-state index contributed by atoms with van der Waals surface area (Å²) in [6.45, 7) is 3.73. The first-order valence-electron chi connectivity index (χ1n) is 9.79. The average Bonchev–Trinajstić information content (AvgIpc) is 2.94. The molecule has 9 heteroatoms. The minimum Gasteiger partial charge on any atom is -0.348 e. The van der Waals surface area contributed by atoms with Crippen molar-refractivity contribution in [3.8, 4) is 0 Å². The molecule has 2 aromatic carbocycles. The van der Waals surface area contributed by atoms with Crippen LogP contribution in [-0.4, -0.2) is 56.3 Å². The van der Waals surface area contributed by atoms with E-state index in [1.54, 1.807) is 6.07 Å². The Labute approximate surface area is 181 Å². The number of amides is 1. The molecule has 0 radical (unpaired) electrons. The summed E-state index contributed by atoms with van der Waals surface area (Å²) >= 11 is 6.19. The van der Waals surface area contributed by atoms with Gasteiger partial charge in [-0.25, -0.2) is 12.8 Å². The number of rotatable bonds is 6. The maximum atomic E-state index is 13.1. The van der Waals surface area contributed by atoms with Crippen LogP contribution in [0.5, 0.6) is 0 Å². The van der Waals surface area contributed by atoms with Gasteiger partial charge in [-0.1, -0.05) is 29.8 Å². The number of halogens is 2. The molecule has 1 aliphatic heterocycles. The van der Waals surface area contributed by atoms with Crippen LogP contribution in [-0.2, 0) is 14.8 Å². The number of carbonyl (C=O) groups excluding carboxylic acids is 1. The van der Waals surface area contributed by atoms with E-state index in [1.807, 2.05) is 30.0 Å². The van der Waals surface area contributed by atoms with Crippen molar-refractivity contribution in [2.24, 2.45) is 0 Å². The summed E-state index contributed by atoms with van der Waals surface area (Å²) in [4.78, 5) is 14.5. The Morgan fingerprint density at radius 2 is 1.80 bits per heavy atom. The van der Waals surface area contributed by atoms with Gasteiger partial charge in [0.25, 0.3) is 0 Å². The van der Waals surface area contributed by atoms with Crippen LogP contribution in [0, 0.1) is 5.82 Å². The third-order valence-corrected chi connectivity index (χ3v) is 7.37. The molecule has 0 aliphatic carbocycles. The molecule has 2 aromatic rings. The smallest absolute Gasteiger partial charge is 0.243 e. The Morgan fingerprint density at radius 1 is 1.10 bits per heavy atom. The van der Waals surface area contributed by atoms with Gasteiger partial charge in [-0.2, -0.15) is 4.31 Å². The van der Waals surface area contributed by atoms with Gasteiger partial charge in [0.2, 0.25) is 15.9 Å². The predicted molar refractivity (Wildman–Crippen MR) is 114 cm³/mol. The first kappa shape index (κ1) is 22.7. The lowest BCUT2D eigenvalue weighted by Gasteiger charge is -2.22. The van der Waals surface area contributed by atoms with Crippen molar-refractivity contribution in [1.82, 2.24) is 14.5 Å². The van der Waals surface area contributed by atoms with Crippen LogP contribution in [0.4, 0.5) is 4.39 Å². The molecule has 1 amide bonds. The highest BCUT2D eigenvalue weighted by atomic mass is 35.5. The summed E-state index contributed by atoms with van der Waals surface area (Å²) in [5.41, 5.74) is 0.847. The number of hydrogen-bond acceptors (Lipinski definition) is 4. The van der Waals surface area contributed by atoms with Crippen LogP contribution in [0.3, 0.4) is 0 Å². The number of benzene rings is 2. The SMILES string of the molecule is C[C@@H](NC(=O)CN1CCCN(S(=O)(=O)c2ccc(F)cc2)CC1)c1ccccc1Cl. The van der Waals surface area contributed by atoms with Crippen LogP contribution in [0.25, 0.3) is 0 Å². The van der Waals surface area contributed by atoms with Crippen molar-refractivity contribution in [2.75, 3.05) is 32.7 Å². The van der Waals surface area contributed by atoms with Gasteiger partial charge in [0, 0.05) is 24.7 Å². The van der Waals surface area contributed by atoms with Crippen molar-refractivity contribution < 1.29 is 17.6 Å². The first-order valence-corrected chi connectivity index (χ1v) is 11.6. The highest BCUT2D eigenvalue weighted by Gasteiger charge is 2.27. The number of carbonyl (C=O) groups is 1. The minimum atomic E-state index is -3.69. The standard InChI is InChI=1S/C21H25ClFN3O3S/c1-16(19-5-2-3-6-20(19)22)24-21(27)15-25-11-4-12-26(14-13-25)30(28,29)18-9-7-17(23)8-10-18/h2-3,5-10,16H,4,11-15H2,1H3,(H,24,27)/t16-/m1/s1. The maximum absolute atomic E-state index is 13.1. The number of hydrogen-bond donors (Lipinski definition) is 1. The molecular weight excluding hydrogens is 429 g/mol. The van der Waals surface area contributed by atoms with E-state index >= 15 is 0 Å². The zero-order chi connectivity index (χ0) is 21.7. The topological polar surface area (TPSA) is 69.7 Å². The molecule has 0 bridgehead atoms. The van der Waals surface area contributed by atoms with E-state index in [4.69, 9.17) is 11.6 Å². The fraction of sp³-hybridized carbons (Fsp3) is 0.381. The molecule has 0 unspecified atom stereocenters. The molecule has 162 valence electrons. The Morgan fingerprint density at radius 3 is 2.50 bits per heavy atom. The Kier molecular flexibility index (Phi) is 7.46. The summed E-state index contributed by atoms with van der Waals surface area (Å²) in [6.07, 6.45) is 0.605. The van der Waals surface area contributed by atoms with Crippen LogP contribution in [0.15, 0.2) is 53.4 Å². The van der Waals surface area contributed by atoms with E-state index in [0.717, 1.165) is 17.7 Å². The Bertz CT molecular complexity index is 985. The zero-order valence-corrected chi connectivity index (χ0v) is 18.3. The van der Waals surface area contributed by atoms with E-state index in [0.29, 0.717) is 31.1 Å². The van der Waals surface area contributed by atoms with E-state index in [2.05, 4.69) is 5.32 Å². The minimum absolute atomic E-state index is 0.0728. The highest BCUT2D eigenvalue weighted by Crippen LogP contribution is 2.22. The van der Waals surface area contributed by atoms with Crippen LogP contribution < -0.4 is 5.32 Å². The molecule has 1 saturated heterocycles. The molecule has 1 fully saturated rings. The van der Waals surface area contributed by atoms with Crippen molar-refractivity contribution in [2.45, 2.75) is 24.3 Å². The van der Waals surface area contributed by atoms with Crippen LogP contribution in [0.2, 0.25) is 5.02 Å². The maximum Gasteiger partial charge on any atom is 0.243 e. The van der Waals surface area contributed by atoms with E-state index < -0.39 is 15.8 Å². The molecule has 30 heavy (non-hydrogen) atoms. The molecule has 1 N–H and O–H groups in total. The van der Waals surface area contributed by atoms with Gasteiger partial charge in [0.15, 0.2) is 0 Å². The van der Waals surface area contributed by atoms with Crippen LogP contribution in [0.1, 0.15) is 24.9 Å². The van der Waals surface area contributed by atoms with Gasteiger partial charge >= 0.3 is 0 Å². The van der Waals surface area contributed by atoms with Crippen molar-refractivity contribution in [3.63, 3.8) is 0 Å². The van der Waals surface area contributed by atoms with Crippen molar-refractivity contribution >= 4 is 27.5 Å². The van der Waals surface area contributed by atoms with Gasteiger partial charge in [0.05, 0.1) is 17.5 Å². The predicted octanol–water partition coefficient (Wildman–Crippen LogP) is 3.05. The number of nitrogens with zero attached hydrogens (tertiary/aromatic N) is 2. The first-order chi connectivity index (χ1) is 14.3. The number of sulfonamides is 1. The lowest BCUT2D eigenvalue weighted by molar-refractivity contribution is -0.122. The Balaban J connectivity index is 1.56. The second-order valence-electron chi connectivity index (χ2n) is 7.30. The third-order valence-electron chi connectivity index (χ3n) is 5.12. The van der Waals surface area contributed by atoms with Crippen molar-refractivity contribution in [1.29, 1.82) is 0 Å². The van der Waals surface area contributed by atoms with Gasteiger partial charge in [0.1, 0.15) is 5.82 Å². The summed E-state index contributed by atoms with van der Waals surface area (Å²) in [5.74, 6) is -0.620. The molecule has 0 spiro atoms. The normalized spacial score (nSPS) is 17.3. The molecule has 1 heterocycles. The second-order valence-corrected chi connectivity index (χ2v) is 9.64. The van der Waals surface area contributed by atoms with Gasteiger partial charge in [-0.05, 0) is 55.8 Å². The fourth-order valence-electron chi connectivity index (χ4n) is 3.50. The lowest BCUT2D eigenvalue weighted by Crippen LogP contribution is -2.40. The summed E-state index contributed by atoms with van der Waals surface area (Å²) in [7, 11) is -3.69. The average molecular weight is 454 g/mol. The quantitative estimate of drug-likeness (QED) is 0.729. The molecule has 0 saturated carbocycles. The number of nitrogens with one attached hydrogen (secondary N) is 1. The van der Waals surface area contributed by atoms with Crippen LogP contribution >= 0.6 is 11.6 Å². The van der Waals surface area contributed by atoms with E-state index in [-0.39, 0.29) is 29.9 Å². The van der Waals surface area contributed by atoms with Gasteiger partial charge in [-0.3, -0.25) is 9.69 Å².